The fraction of sp³-hybridized carbons (Fsp3) is 0.500. The highest BCUT2D eigenvalue weighted by molar-refractivity contribution is 9.10. The van der Waals surface area contributed by atoms with Gasteiger partial charge in [-0.3, -0.25) is 0 Å². The number of halogens is 4. The lowest BCUT2D eigenvalue weighted by Gasteiger charge is -2.12. The zero-order valence-corrected chi connectivity index (χ0v) is 9.55. The summed E-state index contributed by atoms with van der Waals surface area (Å²) in [6.45, 7) is 0. The topological polar surface area (TPSA) is 26.0 Å². The third-order valence-corrected chi connectivity index (χ3v) is 3.72. The molecule has 80 valence electrons. The lowest BCUT2D eigenvalue weighted by atomic mass is 10.1. The van der Waals surface area contributed by atoms with E-state index in [0.29, 0.717) is 0 Å². The van der Waals surface area contributed by atoms with Crippen LogP contribution in [0.5, 0.6) is 0 Å². The Bertz CT molecular complexity index is 297. The van der Waals surface area contributed by atoms with Gasteiger partial charge < -0.3 is 5.73 Å². The average Bonchev–Trinajstić information content (AvgIpc) is 2.46. The molecule has 1 heterocycles. The van der Waals surface area contributed by atoms with Gasteiger partial charge in [-0.05, 0) is 33.8 Å². The molecule has 1 atom stereocenters. The monoisotopic (exact) mass is 287 g/mol. The molecule has 1 aromatic heterocycles. The van der Waals surface area contributed by atoms with Crippen LogP contribution in [0.2, 0.25) is 0 Å². The molecular weight excluding hydrogens is 279 g/mol. The zero-order chi connectivity index (χ0) is 10.8. The van der Waals surface area contributed by atoms with Gasteiger partial charge in [0.15, 0.2) is 0 Å². The molecule has 1 nitrogen and oxygen atoms in total. The van der Waals surface area contributed by atoms with E-state index in [1.807, 2.05) is 0 Å². The minimum atomic E-state index is -4.12. The maximum absolute atomic E-state index is 11.9. The van der Waals surface area contributed by atoms with E-state index < -0.39 is 18.6 Å². The van der Waals surface area contributed by atoms with Gasteiger partial charge in [0.2, 0.25) is 0 Å². The molecule has 14 heavy (non-hydrogen) atoms. The Hall–Kier alpha value is -0.0700. The molecule has 0 aliphatic heterocycles. The normalized spacial score (nSPS) is 14.4. The van der Waals surface area contributed by atoms with Gasteiger partial charge in [0.05, 0.1) is 0 Å². The van der Waals surface area contributed by atoms with Crippen LogP contribution < -0.4 is 5.73 Å². The summed E-state index contributed by atoms with van der Waals surface area (Å²) in [6, 6.07) is 1.25. The Labute approximate surface area is 92.2 Å². The summed E-state index contributed by atoms with van der Waals surface area (Å²) in [7, 11) is 0. The first-order valence-electron chi connectivity index (χ1n) is 3.95. The van der Waals surface area contributed by atoms with Gasteiger partial charge in [-0.25, -0.2) is 0 Å². The molecule has 0 bridgehead atoms. The van der Waals surface area contributed by atoms with Crippen LogP contribution in [0.1, 0.15) is 23.8 Å². The molecule has 1 rings (SSSR count). The van der Waals surface area contributed by atoms with Crippen molar-refractivity contribution in [2.75, 3.05) is 0 Å². The van der Waals surface area contributed by atoms with E-state index >= 15 is 0 Å². The molecule has 0 amide bonds. The van der Waals surface area contributed by atoms with E-state index in [0.717, 1.165) is 9.35 Å². The van der Waals surface area contributed by atoms with E-state index in [-0.39, 0.29) is 6.42 Å². The highest BCUT2D eigenvalue weighted by Crippen LogP contribution is 2.32. The van der Waals surface area contributed by atoms with Gasteiger partial charge in [0.1, 0.15) is 0 Å². The summed E-state index contributed by atoms with van der Waals surface area (Å²) in [5, 5.41) is 1.80. The molecule has 0 aliphatic rings. The molecule has 0 aromatic carbocycles. The quantitative estimate of drug-likeness (QED) is 0.898. The van der Waals surface area contributed by atoms with Crippen LogP contribution in [0.4, 0.5) is 13.2 Å². The number of nitrogens with two attached hydrogens (primary N) is 1. The third kappa shape index (κ3) is 3.59. The summed E-state index contributed by atoms with van der Waals surface area (Å²) in [5.74, 6) is 0. The summed E-state index contributed by atoms with van der Waals surface area (Å²) < 4.78 is 36.5. The van der Waals surface area contributed by atoms with Crippen molar-refractivity contribution < 1.29 is 13.2 Å². The minimum Gasteiger partial charge on any atom is -0.323 e. The largest absolute Gasteiger partial charge is 0.389 e. The van der Waals surface area contributed by atoms with E-state index in [9.17, 15) is 13.2 Å². The lowest BCUT2D eigenvalue weighted by molar-refractivity contribution is -0.136. The van der Waals surface area contributed by atoms with Crippen molar-refractivity contribution in [3.63, 3.8) is 0 Å². The molecule has 0 saturated carbocycles. The maximum Gasteiger partial charge on any atom is 0.389 e. The average molecular weight is 288 g/mol. The molecule has 0 radical (unpaired) electrons. The smallest absolute Gasteiger partial charge is 0.323 e. The number of hydrogen-bond donors (Lipinski definition) is 1. The molecule has 2 N–H and O–H groups in total. The first-order chi connectivity index (χ1) is 6.40. The van der Waals surface area contributed by atoms with E-state index in [1.165, 1.54) is 11.3 Å². The summed E-state index contributed by atoms with van der Waals surface area (Å²) in [5.41, 5.74) is 5.63. The van der Waals surface area contributed by atoms with Gasteiger partial charge in [-0.1, -0.05) is 0 Å². The van der Waals surface area contributed by atoms with Crippen LogP contribution >= 0.6 is 27.3 Å². The molecule has 1 aromatic rings. The maximum atomic E-state index is 11.9. The Kier molecular flexibility index (Phi) is 3.97. The van der Waals surface area contributed by atoms with Crippen LogP contribution in [0.15, 0.2) is 15.9 Å². The molecule has 0 saturated heterocycles. The van der Waals surface area contributed by atoms with Crippen LogP contribution in [0, 0.1) is 0 Å². The van der Waals surface area contributed by atoms with Crippen molar-refractivity contribution in [1.29, 1.82) is 0 Å². The van der Waals surface area contributed by atoms with Crippen molar-refractivity contribution in [1.82, 2.24) is 0 Å². The second kappa shape index (κ2) is 4.63. The predicted octanol–water partition coefficient (Wildman–Crippen LogP) is 3.85. The Morgan fingerprint density at radius 1 is 1.50 bits per heavy atom. The second-order valence-electron chi connectivity index (χ2n) is 2.89. The Morgan fingerprint density at radius 2 is 2.14 bits per heavy atom. The zero-order valence-electron chi connectivity index (χ0n) is 7.14. The highest BCUT2D eigenvalue weighted by Gasteiger charge is 2.28. The number of hydrogen-bond acceptors (Lipinski definition) is 2. The highest BCUT2D eigenvalue weighted by atomic mass is 79.9. The van der Waals surface area contributed by atoms with Gasteiger partial charge in [-0.2, -0.15) is 13.2 Å². The van der Waals surface area contributed by atoms with Gasteiger partial charge in [-0.15, -0.1) is 11.3 Å². The molecule has 0 fully saturated rings. The van der Waals surface area contributed by atoms with E-state index in [4.69, 9.17) is 5.73 Å². The number of rotatable bonds is 3. The Morgan fingerprint density at radius 3 is 2.57 bits per heavy atom. The van der Waals surface area contributed by atoms with Gasteiger partial charge >= 0.3 is 6.18 Å². The SMILES string of the molecule is NC(CCC(F)(F)F)c1sccc1Br. The summed E-state index contributed by atoms with van der Waals surface area (Å²) >= 11 is 4.61. The molecule has 0 aliphatic carbocycles. The molecule has 1 unspecified atom stereocenters. The first-order valence-corrected chi connectivity index (χ1v) is 5.62. The lowest BCUT2D eigenvalue weighted by Crippen LogP contribution is -2.15. The van der Waals surface area contributed by atoms with Crippen LogP contribution in [0.25, 0.3) is 0 Å². The molecule has 6 heteroatoms. The van der Waals surface area contributed by atoms with Crippen LogP contribution in [-0.2, 0) is 0 Å². The van der Waals surface area contributed by atoms with E-state index in [2.05, 4.69) is 15.9 Å². The number of alkyl halides is 3. The van der Waals surface area contributed by atoms with Crippen molar-refractivity contribution in [3.05, 3.63) is 20.8 Å². The van der Waals surface area contributed by atoms with Crippen LogP contribution in [0.3, 0.4) is 0 Å². The van der Waals surface area contributed by atoms with Crippen molar-refractivity contribution >= 4 is 27.3 Å². The number of thiophene rings is 1. The van der Waals surface area contributed by atoms with Crippen LogP contribution in [-0.4, -0.2) is 6.18 Å². The fourth-order valence-corrected chi connectivity index (χ4v) is 2.73. The van der Waals surface area contributed by atoms with E-state index in [1.54, 1.807) is 11.4 Å². The van der Waals surface area contributed by atoms with Crippen molar-refractivity contribution in [2.45, 2.75) is 25.1 Å². The standard InChI is InChI=1S/C8H9BrF3NS/c9-5-2-4-14-7(5)6(13)1-3-8(10,11)12/h2,4,6H,1,3,13H2. The summed E-state index contributed by atoms with van der Waals surface area (Å²) in [6.07, 6.45) is -5.03. The van der Waals surface area contributed by atoms with Crippen molar-refractivity contribution in [3.8, 4) is 0 Å². The minimum absolute atomic E-state index is 0.0669. The third-order valence-electron chi connectivity index (χ3n) is 1.72. The van der Waals surface area contributed by atoms with Crippen molar-refractivity contribution in [2.24, 2.45) is 5.73 Å². The Balaban J connectivity index is 2.51. The van der Waals surface area contributed by atoms with Gasteiger partial charge in [0, 0.05) is 21.8 Å². The first kappa shape index (κ1) is 12.0. The summed E-state index contributed by atoms with van der Waals surface area (Å²) in [4.78, 5) is 0.772. The molecular formula is C8H9BrF3NS. The van der Waals surface area contributed by atoms with Gasteiger partial charge in [0.25, 0.3) is 0 Å². The fourth-order valence-electron chi connectivity index (χ4n) is 1.02. The predicted molar refractivity (Wildman–Crippen MR) is 54.2 cm³/mol. The second-order valence-corrected chi connectivity index (χ2v) is 4.70. The molecule has 0 spiro atoms.